The van der Waals surface area contributed by atoms with Crippen LogP contribution in [0.3, 0.4) is 0 Å². The highest BCUT2D eigenvalue weighted by atomic mass is 32.2. The molecule has 142 valence electrons. The molecule has 7 heteroatoms. The SMILES string of the molecule is COc1cc(C)cc(CNC(=O)CCCC[C@@H]2SC[C@@H]3NC(=O)N[C@@H]32)c1. The number of urea groups is 1. The molecule has 0 saturated carbocycles. The second-order valence-electron chi connectivity index (χ2n) is 7.00. The van der Waals surface area contributed by atoms with E-state index in [2.05, 4.69) is 22.0 Å². The highest BCUT2D eigenvalue weighted by molar-refractivity contribution is 8.00. The van der Waals surface area contributed by atoms with Gasteiger partial charge in [0.1, 0.15) is 5.75 Å². The van der Waals surface area contributed by atoms with E-state index in [0.29, 0.717) is 18.2 Å². The third-order valence-electron chi connectivity index (χ3n) is 4.92. The third-order valence-corrected chi connectivity index (χ3v) is 6.43. The molecule has 0 spiro atoms. The minimum absolute atomic E-state index is 0.0440. The van der Waals surface area contributed by atoms with Crippen LogP contribution in [0.15, 0.2) is 18.2 Å². The molecule has 2 saturated heterocycles. The molecule has 2 fully saturated rings. The maximum Gasteiger partial charge on any atom is 0.315 e. The smallest absolute Gasteiger partial charge is 0.315 e. The van der Waals surface area contributed by atoms with E-state index in [4.69, 9.17) is 4.74 Å². The summed E-state index contributed by atoms with van der Waals surface area (Å²) in [5.74, 6) is 1.88. The van der Waals surface area contributed by atoms with Gasteiger partial charge in [-0.2, -0.15) is 11.8 Å². The van der Waals surface area contributed by atoms with Gasteiger partial charge in [-0.25, -0.2) is 4.79 Å². The summed E-state index contributed by atoms with van der Waals surface area (Å²) in [6.07, 6.45) is 3.45. The molecule has 1 aromatic rings. The Hall–Kier alpha value is -1.89. The average molecular weight is 378 g/mol. The van der Waals surface area contributed by atoms with Crippen LogP contribution < -0.4 is 20.7 Å². The van der Waals surface area contributed by atoms with E-state index in [1.54, 1.807) is 7.11 Å². The Balaban J connectivity index is 1.33. The van der Waals surface area contributed by atoms with Crippen LogP contribution in [0.2, 0.25) is 0 Å². The molecule has 2 heterocycles. The van der Waals surface area contributed by atoms with Crippen molar-refractivity contribution in [2.45, 2.75) is 56.5 Å². The van der Waals surface area contributed by atoms with Gasteiger partial charge in [0.15, 0.2) is 0 Å². The van der Waals surface area contributed by atoms with Crippen LogP contribution in [0.1, 0.15) is 36.8 Å². The molecule has 3 N–H and O–H groups in total. The zero-order chi connectivity index (χ0) is 18.5. The Morgan fingerprint density at radius 2 is 2.15 bits per heavy atom. The molecule has 3 rings (SSSR count). The first-order chi connectivity index (χ1) is 12.5. The standard InChI is InChI=1S/C19H27N3O3S/c1-12-7-13(9-14(8-12)25-2)10-20-17(23)6-4-3-5-16-18-15(11-26-16)21-19(24)22-18/h7-9,15-16,18H,3-6,10-11H2,1-2H3,(H,20,23)(H2,21,22,24)/t15-,16-,18-/m0/s1. The molecule has 0 aliphatic carbocycles. The van der Waals surface area contributed by atoms with Crippen molar-refractivity contribution in [1.29, 1.82) is 0 Å². The fourth-order valence-corrected chi connectivity index (χ4v) is 5.15. The number of unbranched alkanes of at least 4 members (excludes halogenated alkanes) is 1. The predicted octanol–water partition coefficient (Wildman–Crippen LogP) is 2.35. The van der Waals surface area contributed by atoms with Crippen LogP contribution in [0.4, 0.5) is 4.79 Å². The molecule has 0 radical (unpaired) electrons. The number of carbonyl (C=O) groups excluding carboxylic acids is 2. The second kappa shape index (κ2) is 8.66. The maximum absolute atomic E-state index is 12.1. The number of aryl methyl sites for hydroxylation is 1. The monoisotopic (exact) mass is 377 g/mol. The number of thioether (sulfide) groups is 1. The van der Waals surface area contributed by atoms with Gasteiger partial charge in [0.25, 0.3) is 0 Å². The number of benzene rings is 1. The molecule has 26 heavy (non-hydrogen) atoms. The Bertz CT molecular complexity index is 667. The van der Waals surface area contributed by atoms with Crippen molar-refractivity contribution in [1.82, 2.24) is 16.0 Å². The zero-order valence-corrected chi connectivity index (χ0v) is 16.2. The minimum Gasteiger partial charge on any atom is -0.497 e. The fourth-order valence-electron chi connectivity index (χ4n) is 3.61. The Labute approximate surface area is 158 Å². The summed E-state index contributed by atoms with van der Waals surface area (Å²) in [6.45, 7) is 2.54. The van der Waals surface area contributed by atoms with Crippen molar-refractivity contribution in [2.75, 3.05) is 12.9 Å². The van der Waals surface area contributed by atoms with Gasteiger partial charge in [0.2, 0.25) is 5.91 Å². The van der Waals surface area contributed by atoms with E-state index in [1.165, 1.54) is 0 Å². The molecule has 3 atom stereocenters. The molecule has 6 nitrogen and oxygen atoms in total. The summed E-state index contributed by atoms with van der Waals surface area (Å²) in [5.41, 5.74) is 2.17. The van der Waals surface area contributed by atoms with Crippen molar-refractivity contribution in [2.24, 2.45) is 0 Å². The molecule has 0 bridgehead atoms. The van der Waals surface area contributed by atoms with Gasteiger partial charge in [-0.1, -0.05) is 12.5 Å². The Morgan fingerprint density at radius 1 is 1.31 bits per heavy atom. The van der Waals surface area contributed by atoms with Gasteiger partial charge in [0.05, 0.1) is 19.2 Å². The van der Waals surface area contributed by atoms with E-state index in [0.717, 1.165) is 41.9 Å². The van der Waals surface area contributed by atoms with Gasteiger partial charge in [0, 0.05) is 24.0 Å². The molecule has 0 aromatic heterocycles. The summed E-state index contributed by atoms with van der Waals surface area (Å²) < 4.78 is 5.26. The lowest BCUT2D eigenvalue weighted by atomic mass is 10.0. The number of hydrogen-bond donors (Lipinski definition) is 3. The summed E-state index contributed by atoms with van der Waals surface area (Å²) in [7, 11) is 1.65. The van der Waals surface area contributed by atoms with Crippen LogP contribution in [0, 0.1) is 6.92 Å². The van der Waals surface area contributed by atoms with Crippen LogP contribution >= 0.6 is 11.8 Å². The summed E-state index contributed by atoms with van der Waals surface area (Å²) in [5, 5.41) is 9.40. The number of ether oxygens (including phenoxy) is 1. The molecule has 0 unspecified atom stereocenters. The lowest BCUT2D eigenvalue weighted by Gasteiger charge is -2.16. The number of fused-ring (bicyclic) bond motifs is 1. The van der Waals surface area contributed by atoms with Crippen LogP contribution in [-0.2, 0) is 11.3 Å². The lowest BCUT2D eigenvalue weighted by Crippen LogP contribution is -2.36. The molecular formula is C19H27N3O3S. The van der Waals surface area contributed by atoms with Crippen LogP contribution in [-0.4, -0.2) is 42.1 Å². The van der Waals surface area contributed by atoms with E-state index in [-0.39, 0.29) is 24.0 Å². The van der Waals surface area contributed by atoms with Crippen molar-refractivity contribution in [3.05, 3.63) is 29.3 Å². The fraction of sp³-hybridized carbons (Fsp3) is 0.579. The summed E-state index contributed by atoms with van der Waals surface area (Å²) in [4.78, 5) is 23.4. The summed E-state index contributed by atoms with van der Waals surface area (Å²) >= 11 is 1.92. The molecule has 3 amide bonds. The van der Waals surface area contributed by atoms with E-state index in [1.807, 2.05) is 30.8 Å². The number of methoxy groups -OCH3 is 1. The van der Waals surface area contributed by atoms with Crippen molar-refractivity contribution in [3.63, 3.8) is 0 Å². The van der Waals surface area contributed by atoms with E-state index >= 15 is 0 Å². The molecule has 1 aromatic carbocycles. The van der Waals surface area contributed by atoms with Gasteiger partial charge in [-0.15, -0.1) is 0 Å². The van der Waals surface area contributed by atoms with Crippen molar-refractivity contribution < 1.29 is 14.3 Å². The van der Waals surface area contributed by atoms with Gasteiger partial charge < -0.3 is 20.7 Å². The number of carbonyl (C=O) groups is 2. The van der Waals surface area contributed by atoms with E-state index < -0.39 is 0 Å². The highest BCUT2D eigenvalue weighted by Gasteiger charge is 2.42. The topological polar surface area (TPSA) is 79.5 Å². The highest BCUT2D eigenvalue weighted by Crippen LogP contribution is 2.33. The number of hydrogen-bond acceptors (Lipinski definition) is 4. The minimum atomic E-state index is -0.0440. The van der Waals surface area contributed by atoms with Gasteiger partial charge in [-0.05, 0) is 43.0 Å². The zero-order valence-electron chi connectivity index (χ0n) is 15.3. The van der Waals surface area contributed by atoms with Crippen LogP contribution in [0.25, 0.3) is 0 Å². The van der Waals surface area contributed by atoms with Crippen LogP contribution in [0.5, 0.6) is 5.75 Å². The summed E-state index contributed by atoms with van der Waals surface area (Å²) in [6, 6.07) is 6.45. The first-order valence-corrected chi connectivity index (χ1v) is 10.2. The maximum atomic E-state index is 12.1. The first-order valence-electron chi connectivity index (χ1n) is 9.15. The lowest BCUT2D eigenvalue weighted by molar-refractivity contribution is -0.121. The second-order valence-corrected chi connectivity index (χ2v) is 8.27. The Kier molecular flexibility index (Phi) is 6.29. The van der Waals surface area contributed by atoms with Gasteiger partial charge in [-0.3, -0.25) is 4.79 Å². The van der Waals surface area contributed by atoms with Crippen molar-refractivity contribution >= 4 is 23.7 Å². The Morgan fingerprint density at radius 3 is 2.96 bits per heavy atom. The normalized spacial score (nSPS) is 23.9. The molecule has 2 aliphatic heterocycles. The van der Waals surface area contributed by atoms with E-state index in [9.17, 15) is 9.59 Å². The molecule has 2 aliphatic rings. The third kappa shape index (κ3) is 4.84. The number of rotatable bonds is 8. The molecular weight excluding hydrogens is 350 g/mol. The number of amides is 3. The average Bonchev–Trinajstić information content (AvgIpc) is 3.16. The van der Waals surface area contributed by atoms with Crippen molar-refractivity contribution in [3.8, 4) is 5.75 Å². The quantitative estimate of drug-likeness (QED) is 0.480. The first kappa shape index (κ1) is 18.9. The predicted molar refractivity (Wildman–Crippen MR) is 104 cm³/mol. The number of nitrogens with one attached hydrogen (secondary N) is 3. The largest absolute Gasteiger partial charge is 0.497 e. The van der Waals surface area contributed by atoms with Gasteiger partial charge >= 0.3 is 6.03 Å².